The van der Waals surface area contributed by atoms with E-state index >= 15 is 0 Å². The average molecular weight is 663 g/mol. The number of nitrogen functional groups attached to an aromatic ring is 1. The highest BCUT2D eigenvalue weighted by Gasteiger charge is 2.17. The molecule has 1 aromatic heterocycles. The number of aryl methyl sites for hydroxylation is 3. The number of rotatable bonds is 15. The van der Waals surface area contributed by atoms with E-state index in [1.54, 1.807) is 12.1 Å². The second-order valence-electron chi connectivity index (χ2n) is 12.5. The van der Waals surface area contributed by atoms with Crippen molar-refractivity contribution in [1.29, 1.82) is 0 Å². The van der Waals surface area contributed by atoms with Gasteiger partial charge < -0.3 is 16.1 Å². The Bertz CT molecular complexity index is 1360. The molecule has 2 heterocycles. The standard InChI is InChI=1S/C32H50N4S.C7H7F.C2H6/c1-6-10-27(5)34-24-32-29(30-23-26(4)14-17-31(30)36(32)33)16-13-25(3)12-15-28(7-2)11-8-9-18-35-19-21-37-22-20-35;1-6-2-4-7(8)5-3-6;1-2/h7,12,14-15,17,23,25,34H,5-6,8-11,13,16,18-22,24,33H2,1-4H3;2-5H,1H3;1-2H3/b15-12-,28-7-;;. The Morgan fingerprint density at radius 1 is 1.04 bits per heavy atom. The molecule has 3 aromatic rings. The van der Waals surface area contributed by atoms with Gasteiger partial charge in [0.05, 0.1) is 17.8 Å². The topological polar surface area (TPSA) is 46.2 Å². The van der Waals surface area contributed by atoms with Crippen LogP contribution in [0.5, 0.6) is 0 Å². The zero-order valence-corrected chi connectivity index (χ0v) is 31.3. The highest BCUT2D eigenvalue weighted by atomic mass is 32.2. The van der Waals surface area contributed by atoms with E-state index in [1.807, 2.05) is 25.4 Å². The molecule has 0 bridgehead atoms. The predicted molar refractivity (Wildman–Crippen MR) is 208 cm³/mol. The lowest BCUT2D eigenvalue weighted by Crippen LogP contribution is -2.33. The minimum absolute atomic E-state index is 0.171. The van der Waals surface area contributed by atoms with E-state index in [4.69, 9.17) is 5.84 Å². The number of benzene rings is 2. The van der Waals surface area contributed by atoms with E-state index in [-0.39, 0.29) is 5.82 Å². The van der Waals surface area contributed by atoms with Crippen LogP contribution >= 0.6 is 11.8 Å². The van der Waals surface area contributed by atoms with Crippen molar-refractivity contribution in [2.45, 2.75) is 100.0 Å². The molecule has 3 N–H and O–H groups in total. The van der Waals surface area contributed by atoms with Crippen molar-refractivity contribution in [2.75, 3.05) is 37.0 Å². The minimum atomic E-state index is -0.171. The van der Waals surface area contributed by atoms with Crippen molar-refractivity contribution < 1.29 is 4.39 Å². The molecule has 1 saturated heterocycles. The maximum absolute atomic E-state index is 12.1. The van der Waals surface area contributed by atoms with E-state index in [1.165, 1.54) is 90.3 Å². The summed E-state index contributed by atoms with van der Waals surface area (Å²) in [4.78, 5) is 2.63. The van der Waals surface area contributed by atoms with Crippen LogP contribution in [0.1, 0.15) is 95.5 Å². The number of hydrogen-bond donors (Lipinski definition) is 2. The van der Waals surface area contributed by atoms with Crippen LogP contribution in [0.3, 0.4) is 0 Å². The van der Waals surface area contributed by atoms with Gasteiger partial charge in [0.1, 0.15) is 5.82 Å². The smallest absolute Gasteiger partial charge is 0.123 e. The fourth-order valence-electron chi connectivity index (χ4n) is 5.72. The third-order valence-electron chi connectivity index (χ3n) is 8.60. The average Bonchev–Trinajstić information content (AvgIpc) is 3.34. The van der Waals surface area contributed by atoms with E-state index in [0.29, 0.717) is 5.92 Å². The molecule has 4 rings (SSSR count). The fraction of sp³-hybridized carbons (Fsp3) is 0.512. The molecule has 1 unspecified atom stereocenters. The van der Waals surface area contributed by atoms with Gasteiger partial charge in [0.25, 0.3) is 0 Å². The molecule has 47 heavy (non-hydrogen) atoms. The Morgan fingerprint density at radius 2 is 1.72 bits per heavy atom. The van der Waals surface area contributed by atoms with Crippen LogP contribution in [0.15, 0.2) is 78.5 Å². The molecule has 1 fully saturated rings. The van der Waals surface area contributed by atoms with Crippen molar-refractivity contribution >= 4 is 22.7 Å². The summed E-state index contributed by atoms with van der Waals surface area (Å²) < 4.78 is 14.0. The number of halogens is 1. The summed E-state index contributed by atoms with van der Waals surface area (Å²) in [5, 5.41) is 4.81. The number of nitrogens with zero attached hydrogens (tertiary/aromatic N) is 2. The number of nitrogens with two attached hydrogens (primary N) is 1. The summed E-state index contributed by atoms with van der Waals surface area (Å²) in [6.45, 7) is 23.5. The van der Waals surface area contributed by atoms with E-state index in [2.05, 4.69) is 92.7 Å². The summed E-state index contributed by atoms with van der Waals surface area (Å²) >= 11 is 2.09. The van der Waals surface area contributed by atoms with Gasteiger partial charge in [-0.1, -0.05) is 93.8 Å². The third-order valence-corrected chi connectivity index (χ3v) is 9.54. The first-order valence-electron chi connectivity index (χ1n) is 17.9. The Hall–Kier alpha value is -2.96. The van der Waals surface area contributed by atoms with Crippen molar-refractivity contribution in [3.05, 3.63) is 107 Å². The molecule has 0 saturated carbocycles. The molecular weight excluding hydrogens is 600 g/mol. The lowest BCUT2D eigenvalue weighted by atomic mass is 9.96. The molecule has 0 spiro atoms. The second kappa shape index (κ2) is 22.6. The Labute approximate surface area is 290 Å². The van der Waals surface area contributed by atoms with E-state index in [9.17, 15) is 4.39 Å². The first-order valence-corrected chi connectivity index (χ1v) is 19.0. The summed E-state index contributed by atoms with van der Waals surface area (Å²) in [5.41, 5.74) is 8.58. The van der Waals surface area contributed by atoms with Crippen LogP contribution in [-0.2, 0) is 13.0 Å². The van der Waals surface area contributed by atoms with Gasteiger partial charge in [-0.05, 0) is 102 Å². The van der Waals surface area contributed by atoms with Gasteiger partial charge in [0, 0.05) is 35.7 Å². The maximum Gasteiger partial charge on any atom is 0.123 e. The maximum atomic E-state index is 12.1. The molecule has 6 heteroatoms. The van der Waals surface area contributed by atoms with Crippen LogP contribution in [0.25, 0.3) is 10.9 Å². The van der Waals surface area contributed by atoms with E-state index < -0.39 is 0 Å². The number of thioether (sulfide) groups is 1. The van der Waals surface area contributed by atoms with Gasteiger partial charge >= 0.3 is 0 Å². The lowest BCUT2D eigenvalue weighted by Gasteiger charge is -2.25. The minimum Gasteiger partial charge on any atom is -0.383 e. The Balaban J connectivity index is 0.000000660. The Kier molecular flexibility index (Phi) is 19.3. The van der Waals surface area contributed by atoms with Crippen molar-refractivity contribution in [2.24, 2.45) is 5.92 Å². The molecule has 1 atom stereocenters. The highest BCUT2D eigenvalue weighted by Crippen LogP contribution is 2.28. The molecular formula is C41H63FN4S. The quantitative estimate of drug-likeness (QED) is 0.0966. The lowest BCUT2D eigenvalue weighted by molar-refractivity contribution is 0.296. The number of aromatic nitrogens is 1. The molecule has 0 aliphatic carbocycles. The number of unbranched alkanes of at least 4 members (excludes halogenated alkanes) is 1. The van der Waals surface area contributed by atoms with Gasteiger partial charge in [0.2, 0.25) is 0 Å². The van der Waals surface area contributed by atoms with Crippen molar-refractivity contribution in [3.63, 3.8) is 0 Å². The Morgan fingerprint density at radius 3 is 2.36 bits per heavy atom. The number of fused-ring (bicyclic) bond motifs is 1. The molecule has 0 radical (unpaired) electrons. The zero-order valence-electron chi connectivity index (χ0n) is 30.5. The third kappa shape index (κ3) is 14.4. The first-order chi connectivity index (χ1) is 22.7. The summed E-state index contributed by atoms with van der Waals surface area (Å²) in [6.07, 6.45) is 15.0. The first kappa shape index (κ1) is 40.2. The zero-order chi connectivity index (χ0) is 34.6. The van der Waals surface area contributed by atoms with Crippen LogP contribution in [-0.4, -0.2) is 40.7 Å². The highest BCUT2D eigenvalue weighted by molar-refractivity contribution is 7.99. The van der Waals surface area contributed by atoms with Gasteiger partial charge in [0.15, 0.2) is 0 Å². The van der Waals surface area contributed by atoms with Gasteiger partial charge in [-0.2, -0.15) is 11.8 Å². The molecule has 0 amide bonds. The summed E-state index contributed by atoms with van der Waals surface area (Å²) in [7, 11) is 0. The van der Waals surface area contributed by atoms with E-state index in [0.717, 1.165) is 49.0 Å². The number of hydrogen-bond acceptors (Lipinski definition) is 4. The largest absolute Gasteiger partial charge is 0.383 e. The molecule has 1 aliphatic heterocycles. The fourth-order valence-corrected chi connectivity index (χ4v) is 6.70. The van der Waals surface area contributed by atoms with Crippen molar-refractivity contribution in [3.8, 4) is 0 Å². The monoisotopic (exact) mass is 662 g/mol. The normalized spacial score (nSPS) is 14.3. The molecule has 2 aromatic carbocycles. The summed E-state index contributed by atoms with van der Waals surface area (Å²) in [5.74, 6) is 9.55. The van der Waals surface area contributed by atoms with Gasteiger partial charge in [-0.25, -0.2) is 4.39 Å². The van der Waals surface area contributed by atoms with Crippen LogP contribution < -0.4 is 11.2 Å². The summed E-state index contributed by atoms with van der Waals surface area (Å²) in [6, 6.07) is 13.0. The molecule has 1 aliphatic rings. The predicted octanol–water partition coefficient (Wildman–Crippen LogP) is 10.5. The number of allylic oxidation sites excluding steroid dienone is 5. The molecule has 260 valence electrons. The number of nitrogens with one attached hydrogen (secondary N) is 1. The second-order valence-corrected chi connectivity index (χ2v) is 13.7. The van der Waals surface area contributed by atoms with Gasteiger partial charge in [-0.15, -0.1) is 0 Å². The van der Waals surface area contributed by atoms with Crippen molar-refractivity contribution in [1.82, 2.24) is 14.9 Å². The SMILES string of the molecule is C=C(CCC)NCc1c(CCC(C)/C=C\C(=C/C)CCCCN2CCSCC2)c2cc(C)ccc2n1N.CC.Cc1ccc(F)cc1. The van der Waals surface area contributed by atoms with Gasteiger partial charge in [-0.3, -0.25) is 4.68 Å². The van der Waals surface area contributed by atoms with Crippen LogP contribution in [0.2, 0.25) is 0 Å². The van der Waals surface area contributed by atoms with Crippen LogP contribution in [0, 0.1) is 25.6 Å². The van der Waals surface area contributed by atoms with Crippen LogP contribution in [0.4, 0.5) is 4.39 Å². The molecule has 4 nitrogen and oxygen atoms in total.